The highest BCUT2D eigenvalue weighted by molar-refractivity contribution is 7.80. The number of nitrogens with one attached hydrogen (secondary N) is 3. The van der Waals surface area contributed by atoms with Crippen molar-refractivity contribution in [3.8, 4) is 5.75 Å². The Morgan fingerprint density at radius 3 is 2.21 bits per heavy atom. The van der Waals surface area contributed by atoms with Gasteiger partial charge in [0.15, 0.2) is 28.3 Å². The monoisotopic (exact) mass is 481 g/mol. The SMILES string of the molecule is COc1c(F)c(F)c(C(=O)NC(=S)Nc2cc(NC(=O)c3ccco3)ccc2C)c(F)c1F. The van der Waals surface area contributed by atoms with E-state index in [-0.39, 0.29) is 5.76 Å². The average molecular weight is 481 g/mol. The predicted molar refractivity (Wildman–Crippen MR) is 114 cm³/mol. The fourth-order valence-electron chi connectivity index (χ4n) is 2.74. The summed E-state index contributed by atoms with van der Waals surface area (Å²) in [6.07, 6.45) is 1.34. The fraction of sp³-hybridized carbons (Fsp3) is 0.0952. The standard InChI is InChI=1S/C21H15F4N3O4S/c1-9-5-6-10(26-19(29)12-4-3-7-32-12)8-11(9)27-21(33)28-20(30)13-14(22)16(24)18(31-2)17(25)15(13)23/h3-8H,1-2H3,(H,26,29)(H2,27,28,30,33). The molecule has 1 heterocycles. The highest BCUT2D eigenvalue weighted by Crippen LogP contribution is 2.29. The van der Waals surface area contributed by atoms with Crippen molar-refractivity contribution in [2.24, 2.45) is 0 Å². The van der Waals surface area contributed by atoms with Gasteiger partial charge in [0.05, 0.1) is 13.4 Å². The van der Waals surface area contributed by atoms with E-state index in [0.29, 0.717) is 16.9 Å². The maximum Gasteiger partial charge on any atom is 0.291 e. The lowest BCUT2D eigenvalue weighted by Gasteiger charge is -2.15. The van der Waals surface area contributed by atoms with E-state index in [2.05, 4.69) is 15.4 Å². The van der Waals surface area contributed by atoms with Gasteiger partial charge in [0, 0.05) is 11.4 Å². The first-order valence-electron chi connectivity index (χ1n) is 9.11. The quantitative estimate of drug-likeness (QED) is 0.282. The van der Waals surface area contributed by atoms with Crippen molar-refractivity contribution < 1.29 is 36.3 Å². The summed E-state index contributed by atoms with van der Waals surface area (Å²) in [7, 11) is 0.812. The van der Waals surface area contributed by atoms with Crippen molar-refractivity contribution in [2.45, 2.75) is 6.92 Å². The minimum atomic E-state index is -1.94. The molecule has 3 rings (SSSR count). The Labute approximate surface area is 189 Å². The number of benzene rings is 2. The van der Waals surface area contributed by atoms with Gasteiger partial charge < -0.3 is 19.8 Å². The van der Waals surface area contributed by atoms with Gasteiger partial charge in [-0.1, -0.05) is 6.07 Å². The molecule has 0 fully saturated rings. The van der Waals surface area contributed by atoms with E-state index in [1.807, 2.05) is 5.32 Å². The molecule has 0 aliphatic heterocycles. The largest absolute Gasteiger partial charge is 0.491 e. The zero-order valence-corrected chi connectivity index (χ0v) is 17.8. The molecule has 0 aliphatic carbocycles. The second-order valence-electron chi connectivity index (χ2n) is 6.53. The van der Waals surface area contributed by atoms with E-state index in [4.69, 9.17) is 16.6 Å². The van der Waals surface area contributed by atoms with Gasteiger partial charge in [0.25, 0.3) is 11.8 Å². The number of hydrogen-bond acceptors (Lipinski definition) is 5. The van der Waals surface area contributed by atoms with Crippen LogP contribution in [0.15, 0.2) is 41.0 Å². The number of rotatable bonds is 5. The highest BCUT2D eigenvalue weighted by atomic mass is 32.1. The number of carbonyl (C=O) groups excluding carboxylic acids is 2. The first kappa shape index (κ1) is 23.7. The molecule has 0 atom stereocenters. The topological polar surface area (TPSA) is 92.6 Å². The van der Waals surface area contributed by atoms with E-state index in [9.17, 15) is 27.2 Å². The molecule has 1 aromatic heterocycles. The van der Waals surface area contributed by atoms with Gasteiger partial charge in [-0.05, 0) is 49.0 Å². The van der Waals surface area contributed by atoms with Crippen molar-refractivity contribution >= 4 is 40.5 Å². The van der Waals surface area contributed by atoms with Crippen LogP contribution in [0.1, 0.15) is 26.5 Å². The number of carbonyl (C=O) groups is 2. The summed E-state index contributed by atoms with van der Waals surface area (Å²) in [5.74, 6) is -10.9. The molecule has 3 aromatic rings. The van der Waals surface area contributed by atoms with E-state index >= 15 is 0 Å². The van der Waals surface area contributed by atoms with Gasteiger partial charge in [-0.25, -0.2) is 8.78 Å². The number of ether oxygens (including phenoxy) is 1. The Morgan fingerprint density at radius 2 is 1.64 bits per heavy atom. The summed E-state index contributed by atoms with van der Waals surface area (Å²) < 4.78 is 65.3. The Bertz CT molecular complexity index is 1220. The number of aryl methyl sites for hydroxylation is 1. The molecule has 0 radical (unpaired) electrons. The summed E-state index contributed by atoms with van der Waals surface area (Å²) in [6.45, 7) is 1.68. The molecule has 3 N–H and O–H groups in total. The molecule has 2 amide bonds. The molecule has 0 saturated carbocycles. The lowest BCUT2D eigenvalue weighted by Crippen LogP contribution is -2.35. The molecule has 0 unspecified atom stereocenters. The molecule has 33 heavy (non-hydrogen) atoms. The summed E-state index contributed by atoms with van der Waals surface area (Å²) in [5.41, 5.74) is -0.215. The number of amides is 2. The van der Waals surface area contributed by atoms with Crippen LogP contribution in [0.2, 0.25) is 0 Å². The van der Waals surface area contributed by atoms with Gasteiger partial charge in [0.1, 0.15) is 5.56 Å². The number of furan rings is 1. The summed E-state index contributed by atoms with van der Waals surface area (Å²) in [4.78, 5) is 24.4. The van der Waals surface area contributed by atoms with Crippen LogP contribution in [0.4, 0.5) is 28.9 Å². The molecule has 0 bridgehead atoms. The maximum atomic E-state index is 14.1. The van der Waals surface area contributed by atoms with Crippen LogP contribution < -0.4 is 20.7 Å². The van der Waals surface area contributed by atoms with Crippen molar-refractivity contribution in [1.29, 1.82) is 0 Å². The fourth-order valence-corrected chi connectivity index (χ4v) is 2.95. The van der Waals surface area contributed by atoms with E-state index in [1.165, 1.54) is 18.4 Å². The molecular weight excluding hydrogens is 466 g/mol. The molecule has 0 saturated heterocycles. The second kappa shape index (κ2) is 9.69. The minimum absolute atomic E-state index is 0.0795. The number of halogens is 4. The summed E-state index contributed by atoms with van der Waals surface area (Å²) in [6, 6.07) is 7.71. The number of hydrogen-bond donors (Lipinski definition) is 3. The second-order valence-corrected chi connectivity index (χ2v) is 6.94. The van der Waals surface area contributed by atoms with Crippen molar-refractivity contribution in [2.75, 3.05) is 17.7 Å². The van der Waals surface area contributed by atoms with Crippen LogP contribution in [0.5, 0.6) is 5.75 Å². The van der Waals surface area contributed by atoms with Crippen molar-refractivity contribution in [1.82, 2.24) is 5.32 Å². The number of methoxy groups -OCH3 is 1. The molecule has 7 nitrogen and oxygen atoms in total. The lowest BCUT2D eigenvalue weighted by atomic mass is 10.1. The summed E-state index contributed by atoms with van der Waals surface area (Å²) in [5, 5.41) is 6.74. The predicted octanol–water partition coefficient (Wildman–Crippen LogP) is 4.53. The van der Waals surface area contributed by atoms with Gasteiger partial charge in [-0.2, -0.15) is 8.78 Å². The van der Waals surface area contributed by atoms with Crippen LogP contribution in [0.25, 0.3) is 0 Å². The summed E-state index contributed by atoms with van der Waals surface area (Å²) >= 11 is 4.97. The van der Waals surface area contributed by atoms with Crippen LogP contribution in [0, 0.1) is 30.2 Å². The first-order chi connectivity index (χ1) is 15.6. The Hall–Kier alpha value is -3.93. The molecule has 12 heteroatoms. The Kier molecular flexibility index (Phi) is 6.97. The average Bonchev–Trinajstić information content (AvgIpc) is 3.30. The third kappa shape index (κ3) is 4.95. The molecule has 0 aliphatic rings. The number of anilines is 2. The van der Waals surface area contributed by atoms with Crippen LogP contribution in [-0.2, 0) is 0 Å². The molecule has 2 aromatic carbocycles. The first-order valence-corrected chi connectivity index (χ1v) is 9.52. The van der Waals surface area contributed by atoms with Crippen molar-refractivity contribution in [3.05, 3.63) is 76.8 Å². The van der Waals surface area contributed by atoms with Gasteiger partial charge in [-0.3, -0.25) is 14.9 Å². The normalized spacial score (nSPS) is 10.5. The molecular formula is C21H15F4N3O4S. The van der Waals surface area contributed by atoms with Gasteiger partial charge >= 0.3 is 0 Å². The van der Waals surface area contributed by atoms with E-state index < -0.39 is 51.5 Å². The zero-order valence-electron chi connectivity index (χ0n) is 17.0. The Morgan fingerprint density at radius 1 is 0.970 bits per heavy atom. The highest BCUT2D eigenvalue weighted by Gasteiger charge is 2.30. The molecule has 172 valence electrons. The maximum absolute atomic E-state index is 14.1. The lowest BCUT2D eigenvalue weighted by molar-refractivity contribution is 0.0964. The van der Waals surface area contributed by atoms with Gasteiger partial charge in [0.2, 0.25) is 11.6 Å². The zero-order chi connectivity index (χ0) is 24.3. The Balaban J connectivity index is 1.76. The van der Waals surface area contributed by atoms with Crippen LogP contribution >= 0.6 is 12.2 Å². The molecule has 0 spiro atoms. The van der Waals surface area contributed by atoms with E-state index in [0.717, 1.165) is 7.11 Å². The van der Waals surface area contributed by atoms with Crippen LogP contribution in [-0.4, -0.2) is 24.0 Å². The number of thiocarbonyl (C=S) groups is 1. The third-order valence-corrected chi connectivity index (χ3v) is 4.57. The van der Waals surface area contributed by atoms with Crippen molar-refractivity contribution in [3.63, 3.8) is 0 Å². The van der Waals surface area contributed by atoms with E-state index in [1.54, 1.807) is 25.1 Å². The minimum Gasteiger partial charge on any atom is -0.491 e. The smallest absolute Gasteiger partial charge is 0.291 e. The third-order valence-electron chi connectivity index (χ3n) is 4.37. The van der Waals surface area contributed by atoms with Crippen LogP contribution in [0.3, 0.4) is 0 Å². The van der Waals surface area contributed by atoms with Gasteiger partial charge in [-0.15, -0.1) is 0 Å².